The molecule has 6 nitrogen and oxygen atoms in total. The van der Waals surface area contributed by atoms with Gasteiger partial charge >= 0.3 is 5.97 Å². The molecule has 1 saturated heterocycles. The van der Waals surface area contributed by atoms with Crippen LogP contribution in [0.15, 0.2) is 24.3 Å². The first kappa shape index (κ1) is 17.8. The molecule has 8 heteroatoms. The van der Waals surface area contributed by atoms with E-state index in [-0.39, 0.29) is 30.7 Å². The number of carbonyl (C=O) groups is 1. The molecule has 1 aromatic rings. The molecule has 0 saturated carbocycles. The third kappa shape index (κ3) is 5.56. The number of halogens is 1. The summed E-state index contributed by atoms with van der Waals surface area (Å²) in [5, 5.41) is 8.57. The fourth-order valence-corrected chi connectivity index (χ4v) is 4.05. The predicted molar refractivity (Wildman–Crippen MR) is 82.1 cm³/mol. The highest BCUT2D eigenvalue weighted by atomic mass is 32.2. The van der Waals surface area contributed by atoms with E-state index in [9.17, 15) is 17.6 Å². The first-order valence-electron chi connectivity index (χ1n) is 7.42. The van der Waals surface area contributed by atoms with Gasteiger partial charge in [-0.1, -0.05) is 12.1 Å². The number of hydrogen-bond acceptors (Lipinski definition) is 4. The Balaban J connectivity index is 1.83. The van der Waals surface area contributed by atoms with Gasteiger partial charge in [0.25, 0.3) is 0 Å². The standard InChI is InChI=1S/C15H20FNO5S/c16-13-3-1-2-12(10-13)6-9-23(20,21)17-7-4-14(5-8-17)22-11-15(18)19/h1-3,10,14H,4-9,11H2,(H,18,19). The average molecular weight is 345 g/mol. The molecule has 1 heterocycles. The van der Waals surface area contributed by atoms with Gasteiger partial charge in [0, 0.05) is 13.1 Å². The Morgan fingerprint density at radius 3 is 2.65 bits per heavy atom. The number of carboxylic acid groups (broad SMARTS) is 1. The fraction of sp³-hybridized carbons (Fsp3) is 0.533. The fourth-order valence-electron chi connectivity index (χ4n) is 2.53. The van der Waals surface area contributed by atoms with Crippen molar-refractivity contribution in [3.05, 3.63) is 35.6 Å². The SMILES string of the molecule is O=C(O)COC1CCN(S(=O)(=O)CCc2cccc(F)c2)CC1. The number of piperidine rings is 1. The molecule has 0 aliphatic carbocycles. The Bertz CT molecular complexity index is 641. The number of ether oxygens (including phenoxy) is 1. The number of benzene rings is 1. The lowest BCUT2D eigenvalue weighted by molar-refractivity contribution is -0.145. The maximum Gasteiger partial charge on any atom is 0.329 e. The van der Waals surface area contributed by atoms with E-state index >= 15 is 0 Å². The van der Waals surface area contributed by atoms with Crippen LogP contribution in [0.25, 0.3) is 0 Å². The summed E-state index contributed by atoms with van der Waals surface area (Å²) < 4.78 is 44.3. The number of sulfonamides is 1. The van der Waals surface area contributed by atoms with Gasteiger partial charge in [-0.3, -0.25) is 0 Å². The molecular formula is C15H20FNO5S. The summed E-state index contributed by atoms with van der Waals surface area (Å²) in [5.41, 5.74) is 0.647. The molecule has 128 valence electrons. The Morgan fingerprint density at radius 1 is 1.35 bits per heavy atom. The lowest BCUT2D eigenvalue weighted by Gasteiger charge is -2.30. The van der Waals surface area contributed by atoms with Crippen molar-refractivity contribution in [3.8, 4) is 0 Å². The number of hydrogen-bond donors (Lipinski definition) is 1. The Kier molecular flexibility index (Phi) is 6.09. The molecule has 0 aromatic heterocycles. The van der Waals surface area contributed by atoms with Gasteiger partial charge in [-0.05, 0) is 37.0 Å². The first-order valence-corrected chi connectivity index (χ1v) is 9.03. The Hall–Kier alpha value is -1.51. The van der Waals surface area contributed by atoms with E-state index in [1.807, 2.05) is 0 Å². The number of aliphatic carboxylic acids is 1. The number of rotatable bonds is 7. The largest absolute Gasteiger partial charge is 0.480 e. The molecule has 2 rings (SSSR count). The molecule has 0 amide bonds. The highest BCUT2D eigenvalue weighted by Gasteiger charge is 2.28. The van der Waals surface area contributed by atoms with Crippen LogP contribution < -0.4 is 0 Å². The summed E-state index contributed by atoms with van der Waals surface area (Å²) in [6.45, 7) is 0.266. The van der Waals surface area contributed by atoms with E-state index in [1.165, 1.54) is 16.4 Å². The third-order valence-electron chi connectivity index (χ3n) is 3.77. The molecule has 1 N–H and O–H groups in total. The van der Waals surface area contributed by atoms with Gasteiger partial charge in [0.05, 0.1) is 11.9 Å². The monoisotopic (exact) mass is 345 g/mol. The van der Waals surface area contributed by atoms with Gasteiger partial charge in [-0.2, -0.15) is 0 Å². The molecule has 1 aliphatic heterocycles. The van der Waals surface area contributed by atoms with E-state index in [4.69, 9.17) is 9.84 Å². The zero-order valence-corrected chi connectivity index (χ0v) is 13.5. The van der Waals surface area contributed by atoms with Crippen LogP contribution in [0.4, 0.5) is 4.39 Å². The third-order valence-corrected chi connectivity index (χ3v) is 5.65. The maximum atomic E-state index is 13.1. The second kappa shape index (κ2) is 7.85. The molecule has 0 atom stereocenters. The van der Waals surface area contributed by atoms with Crippen molar-refractivity contribution in [2.75, 3.05) is 25.4 Å². The summed E-state index contributed by atoms with van der Waals surface area (Å²) in [7, 11) is -3.41. The van der Waals surface area contributed by atoms with Crippen LogP contribution in [0.3, 0.4) is 0 Å². The van der Waals surface area contributed by atoms with Crippen LogP contribution in [0.1, 0.15) is 18.4 Å². The van der Waals surface area contributed by atoms with E-state index in [1.54, 1.807) is 12.1 Å². The van der Waals surface area contributed by atoms with Crippen LogP contribution in [0.5, 0.6) is 0 Å². The summed E-state index contributed by atoms with van der Waals surface area (Å²) in [6, 6.07) is 5.91. The number of aryl methyl sites for hydroxylation is 1. The van der Waals surface area contributed by atoms with Crippen LogP contribution in [0.2, 0.25) is 0 Å². The molecule has 23 heavy (non-hydrogen) atoms. The number of nitrogens with zero attached hydrogens (tertiary/aromatic N) is 1. The van der Waals surface area contributed by atoms with Crippen LogP contribution >= 0.6 is 0 Å². The molecule has 0 unspecified atom stereocenters. The minimum Gasteiger partial charge on any atom is -0.480 e. The van der Waals surface area contributed by atoms with Crippen LogP contribution in [-0.2, 0) is 26.0 Å². The minimum absolute atomic E-state index is 0.0723. The second-order valence-electron chi connectivity index (χ2n) is 5.50. The van der Waals surface area contributed by atoms with E-state index in [0.29, 0.717) is 31.5 Å². The van der Waals surface area contributed by atoms with E-state index < -0.39 is 16.0 Å². The summed E-state index contributed by atoms with van der Waals surface area (Å²) in [4.78, 5) is 10.5. The highest BCUT2D eigenvalue weighted by Crippen LogP contribution is 2.18. The topological polar surface area (TPSA) is 83.9 Å². The van der Waals surface area contributed by atoms with Gasteiger partial charge in [0.1, 0.15) is 12.4 Å². The Labute approximate surface area is 134 Å². The smallest absolute Gasteiger partial charge is 0.329 e. The van der Waals surface area contributed by atoms with E-state index in [0.717, 1.165) is 0 Å². The number of carboxylic acids is 1. The zero-order valence-electron chi connectivity index (χ0n) is 12.7. The van der Waals surface area contributed by atoms with Crippen LogP contribution in [-0.4, -0.2) is 55.4 Å². The molecule has 0 radical (unpaired) electrons. The van der Waals surface area contributed by atoms with Crippen molar-refractivity contribution < 1.29 is 27.4 Å². The second-order valence-corrected chi connectivity index (χ2v) is 7.59. The summed E-state index contributed by atoms with van der Waals surface area (Å²) in [6.07, 6.45) is 0.995. The van der Waals surface area contributed by atoms with Crippen molar-refractivity contribution in [1.82, 2.24) is 4.31 Å². The lowest BCUT2D eigenvalue weighted by atomic mass is 10.1. The van der Waals surface area contributed by atoms with E-state index in [2.05, 4.69) is 0 Å². The van der Waals surface area contributed by atoms with Gasteiger partial charge in [0.2, 0.25) is 10.0 Å². The molecule has 0 bridgehead atoms. The molecule has 0 spiro atoms. The zero-order chi connectivity index (χ0) is 16.9. The van der Waals surface area contributed by atoms with Crippen molar-refractivity contribution in [3.63, 3.8) is 0 Å². The van der Waals surface area contributed by atoms with Crippen molar-refractivity contribution >= 4 is 16.0 Å². The normalized spacial score (nSPS) is 17.3. The van der Waals surface area contributed by atoms with Gasteiger partial charge in [0.15, 0.2) is 0 Å². The van der Waals surface area contributed by atoms with Gasteiger partial charge in [-0.15, -0.1) is 0 Å². The molecule has 1 fully saturated rings. The van der Waals surface area contributed by atoms with Crippen molar-refractivity contribution in [2.45, 2.75) is 25.4 Å². The molecule has 1 aliphatic rings. The summed E-state index contributed by atoms with van der Waals surface area (Å²) in [5.74, 6) is -1.48. The van der Waals surface area contributed by atoms with Gasteiger partial charge < -0.3 is 9.84 Å². The van der Waals surface area contributed by atoms with Gasteiger partial charge in [-0.25, -0.2) is 21.9 Å². The quantitative estimate of drug-likeness (QED) is 0.804. The predicted octanol–water partition coefficient (Wildman–Crippen LogP) is 1.26. The first-order chi connectivity index (χ1) is 10.9. The molecule has 1 aromatic carbocycles. The molecular weight excluding hydrogens is 325 g/mol. The maximum absolute atomic E-state index is 13.1. The summed E-state index contributed by atoms with van der Waals surface area (Å²) >= 11 is 0. The van der Waals surface area contributed by atoms with Crippen molar-refractivity contribution in [1.29, 1.82) is 0 Å². The highest BCUT2D eigenvalue weighted by molar-refractivity contribution is 7.89. The average Bonchev–Trinajstić information content (AvgIpc) is 2.52. The lowest BCUT2D eigenvalue weighted by Crippen LogP contribution is -2.42. The van der Waals surface area contributed by atoms with Crippen molar-refractivity contribution in [2.24, 2.45) is 0 Å². The Morgan fingerprint density at radius 2 is 2.04 bits per heavy atom. The van der Waals surface area contributed by atoms with Crippen LogP contribution in [0, 0.1) is 5.82 Å². The minimum atomic E-state index is -3.41.